The van der Waals surface area contributed by atoms with Gasteiger partial charge in [0.05, 0.1) is 17.2 Å². The minimum Gasteiger partial charge on any atom is -0.444 e. The molecule has 2 heterocycles. The van der Waals surface area contributed by atoms with Gasteiger partial charge < -0.3 is 15.0 Å². The summed E-state index contributed by atoms with van der Waals surface area (Å²) in [4.78, 5) is 19.5. The minimum atomic E-state index is -0.483. The van der Waals surface area contributed by atoms with Crippen LogP contribution in [-0.2, 0) is 11.2 Å². The normalized spacial score (nSPS) is 11.6. The van der Waals surface area contributed by atoms with Crippen molar-refractivity contribution in [1.82, 2.24) is 25.5 Å². The van der Waals surface area contributed by atoms with E-state index in [1.165, 1.54) is 0 Å². The topological polar surface area (TPSA) is 95.7 Å². The van der Waals surface area contributed by atoms with Crippen LogP contribution in [0.4, 0.5) is 4.79 Å². The zero-order valence-corrected chi connectivity index (χ0v) is 14.7. The number of nitrogens with one attached hydrogen (secondary N) is 3. The average molecular weight is 341 g/mol. The Labute approximate surface area is 146 Å². The molecule has 0 bridgehead atoms. The van der Waals surface area contributed by atoms with Crippen LogP contribution in [0.5, 0.6) is 0 Å². The van der Waals surface area contributed by atoms with Crippen molar-refractivity contribution in [2.75, 3.05) is 6.54 Å². The van der Waals surface area contributed by atoms with Crippen LogP contribution in [0.3, 0.4) is 0 Å². The highest BCUT2D eigenvalue weighted by Gasteiger charge is 2.16. The Morgan fingerprint density at radius 2 is 2.08 bits per heavy atom. The number of H-pyrrole nitrogens is 2. The number of aryl methyl sites for hydroxylation is 1. The Morgan fingerprint density at radius 1 is 1.28 bits per heavy atom. The fourth-order valence-corrected chi connectivity index (χ4v) is 2.56. The standard InChI is InChI=1S/C18H23N5O2/c1-18(2,3)25-17(24)19-10-6-7-12-11-20-23-15(12)16-21-13-8-4-5-9-14(13)22-16/h4-5,8-9,11H,6-7,10H2,1-3H3,(H,19,24)(H,20,23)(H,21,22). The first-order valence-electron chi connectivity index (χ1n) is 8.36. The number of para-hydroxylation sites is 2. The first kappa shape index (κ1) is 17.0. The lowest BCUT2D eigenvalue weighted by Crippen LogP contribution is -2.33. The Kier molecular flexibility index (Phi) is 4.74. The number of hydrogen-bond donors (Lipinski definition) is 3. The lowest BCUT2D eigenvalue weighted by molar-refractivity contribution is 0.0527. The third kappa shape index (κ3) is 4.37. The molecule has 0 unspecified atom stereocenters. The van der Waals surface area contributed by atoms with Crippen molar-refractivity contribution >= 4 is 17.1 Å². The predicted octanol–water partition coefficient (Wildman–Crippen LogP) is 3.41. The number of carbonyl (C=O) groups excluding carboxylic acids is 1. The van der Waals surface area contributed by atoms with Gasteiger partial charge in [0.2, 0.25) is 0 Å². The molecule has 2 aromatic heterocycles. The minimum absolute atomic E-state index is 0.391. The number of fused-ring (bicyclic) bond motifs is 1. The third-order valence-corrected chi connectivity index (χ3v) is 3.64. The Hall–Kier alpha value is -2.83. The van der Waals surface area contributed by atoms with Crippen LogP contribution in [0.1, 0.15) is 32.8 Å². The van der Waals surface area contributed by atoms with E-state index in [1.807, 2.05) is 45.0 Å². The summed E-state index contributed by atoms with van der Waals surface area (Å²) in [5.41, 5.74) is 3.37. The summed E-state index contributed by atoms with van der Waals surface area (Å²) in [7, 11) is 0. The maximum Gasteiger partial charge on any atom is 0.407 e. The van der Waals surface area contributed by atoms with E-state index in [4.69, 9.17) is 4.74 Å². The molecule has 3 N–H and O–H groups in total. The van der Waals surface area contributed by atoms with Gasteiger partial charge in [0.1, 0.15) is 11.3 Å². The van der Waals surface area contributed by atoms with E-state index in [0.717, 1.165) is 41.0 Å². The Balaban J connectivity index is 1.58. The molecule has 1 amide bonds. The number of carbonyl (C=O) groups is 1. The van der Waals surface area contributed by atoms with Gasteiger partial charge in [-0.1, -0.05) is 12.1 Å². The first-order valence-corrected chi connectivity index (χ1v) is 8.36. The molecule has 7 heteroatoms. The van der Waals surface area contributed by atoms with Crippen molar-refractivity contribution in [1.29, 1.82) is 0 Å². The van der Waals surface area contributed by atoms with E-state index in [-0.39, 0.29) is 0 Å². The first-order chi connectivity index (χ1) is 11.9. The summed E-state index contributed by atoms with van der Waals surface area (Å²) < 4.78 is 5.22. The molecule has 3 aromatic rings. The molecule has 25 heavy (non-hydrogen) atoms. The van der Waals surface area contributed by atoms with Crippen molar-refractivity contribution in [3.05, 3.63) is 36.0 Å². The summed E-state index contributed by atoms with van der Waals surface area (Å²) in [6.07, 6.45) is 2.97. The third-order valence-electron chi connectivity index (χ3n) is 3.64. The van der Waals surface area contributed by atoms with Crippen molar-refractivity contribution in [2.45, 2.75) is 39.2 Å². The van der Waals surface area contributed by atoms with Crippen LogP contribution in [0.25, 0.3) is 22.6 Å². The number of amides is 1. The van der Waals surface area contributed by atoms with Crippen molar-refractivity contribution in [3.8, 4) is 11.5 Å². The van der Waals surface area contributed by atoms with E-state index >= 15 is 0 Å². The highest BCUT2D eigenvalue weighted by molar-refractivity contribution is 5.79. The zero-order chi connectivity index (χ0) is 17.9. The van der Waals surface area contributed by atoms with E-state index in [2.05, 4.69) is 25.5 Å². The maximum atomic E-state index is 11.6. The van der Waals surface area contributed by atoms with Gasteiger partial charge in [-0.05, 0) is 45.7 Å². The molecule has 0 aliphatic carbocycles. The van der Waals surface area contributed by atoms with E-state index in [1.54, 1.807) is 6.20 Å². The average Bonchev–Trinajstić information content (AvgIpc) is 3.15. The summed E-state index contributed by atoms with van der Waals surface area (Å²) in [5, 5.41) is 9.91. The number of rotatable bonds is 5. The van der Waals surface area contributed by atoms with E-state index in [0.29, 0.717) is 6.54 Å². The fraction of sp³-hybridized carbons (Fsp3) is 0.389. The second-order valence-electron chi connectivity index (χ2n) is 6.91. The zero-order valence-electron chi connectivity index (χ0n) is 14.7. The van der Waals surface area contributed by atoms with Crippen LogP contribution >= 0.6 is 0 Å². The predicted molar refractivity (Wildman–Crippen MR) is 96.2 cm³/mol. The van der Waals surface area contributed by atoms with Gasteiger partial charge in [0.15, 0.2) is 5.82 Å². The van der Waals surface area contributed by atoms with Crippen molar-refractivity contribution in [2.24, 2.45) is 0 Å². The molecule has 0 saturated carbocycles. The van der Waals surface area contributed by atoms with Crippen LogP contribution in [0.2, 0.25) is 0 Å². The summed E-state index contributed by atoms with van der Waals surface area (Å²) in [6.45, 7) is 6.08. The molecule has 3 rings (SSSR count). The van der Waals surface area contributed by atoms with Gasteiger partial charge in [-0.2, -0.15) is 5.10 Å². The van der Waals surface area contributed by atoms with E-state index in [9.17, 15) is 4.79 Å². The van der Waals surface area contributed by atoms with E-state index < -0.39 is 11.7 Å². The SMILES string of the molecule is CC(C)(C)OC(=O)NCCCc1cn[nH]c1-c1nc2ccccc2[nH]1. The molecule has 132 valence electrons. The van der Waals surface area contributed by atoms with Crippen LogP contribution < -0.4 is 5.32 Å². The van der Waals surface area contributed by atoms with Gasteiger partial charge >= 0.3 is 6.09 Å². The number of alkyl carbamates (subject to hydrolysis) is 1. The van der Waals surface area contributed by atoms with Crippen LogP contribution in [0.15, 0.2) is 30.5 Å². The number of aromatic amines is 2. The molecule has 0 spiro atoms. The Morgan fingerprint density at radius 3 is 2.84 bits per heavy atom. The quantitative estimate of drug-likeness (QED) is 0.620. The molecule has 0 saturated heterocycles. The van der Waals surface area contributed by atoms with Crippen molar-refractivity contribution < 1.29 is 9.53 Å². The van der Waals surface area contributed by atoms with Gasteiger partial charge in [-0.3, -0.25) is 5.10 Å². The number of nitrogens with zero attached hydrogens (tertiary/aromatic N) is 2. The molecular weight excluding hydrogens is 318 g/mol. The number of aromatic nitrogens is 4. The second-order valence-corrected chi connectivity index (χ2v) is 6.91. The number of ether oxygens (including phenoxy) is 1. The summed E-state index contributed by atoms with van der Waals surface area (Å²) in [5.74, 6) is 0.772. The Bertz CT molecular complexity index is 827. The molecule has 0 atom stereocenters. The van der Waals surface area contributed by atoms with Gasteiger partial charge in [-0.15, -0.1) is 0 Å². The molecule has 7 nitrogen and oxygen atoms in total. The lowest BCUT2D eigenvalue weighted by atomic mass is 10.1. The smallest absolute Gasteiger partial charge is 0.407 e. The monoisotopic (exact) mass is 341 g/mol. The largest absolute Gasteiger partial charge is 0.444 e. The van der Waals surface area contributed by atoms with Crippen LogP contribution in [-0.4, -0.2) is 38.4 Å². The summed E-state index contributed by atoms with van der Waals surface area (Å²) >= 11 is 0. The highest BCUT2D eigenvalue weighted by atomic mass is 16.6. The number of imidazole rings is 1. The maximum absolute atomic E-state index is 11.6. The molecule has 0 radical (unpaired) electrons. The van der Waals surface area contributed by atoms with Gasteiger partial charge in [0, 0.05) is 12.1 Å². The van der Waals surface area contributed by atoms with Crippen molar-refractivity contribution in [3.63, 3.8) is 0 Å². The number of benzene rings is 1. The summed E-state index contributed by atoms with van der Waals surface area (Å²) in [6, 6.07) is 7.90. The van der Waals surface area contributed by atoms with Gasteiger partial charge in [-0.25, -0.2) is 9.78 Å². The van der Waals surface area contributed by atoms with Crippen LogP contribution in [0, 0.1) is 0 Å². The van der Waals surface area contributed by atoms with Gasteiger partial charge in [0.25, 0.3) is 0 Å². The molecule has 1 aromatic carbocycles. The number of hydrogen-bond acceptors (Lipinski definition) is 4. The highest BCUT2D eigenvalue weighted by Crippen LogP contribution is 2.22. The molecule has 0 fully saturated rings. The fourth-order valence-electron chi connectivity index (χ4n) is 2.56. The second kappa shape index (κ2) is 6.96. The molecule has 0 aliphatic rings. The lowest BCUT2D eigenvalue weighted by Gasteiger charge is -2.19. The molecular formula is C18H23N5O2. The molecule has 0 aliphatic heterocycles.